The van der Waals surface area contributed by atoms with Crippen LogP contribution in [0.25, 0.3) is 119 Å². The molecule has 1 aliphatic rings. The first-order valence-electron chi connectivity index (χ1n) is 23.7. The lowest BCUT2D eigenvalue weighted by Crippen LogP contribution is -2.20. The molecule has 4 aromatic heterocycles. The fraction of sp³-hybridized carbons (Fsp3) is 0.0476. The van der Waals surface area contributed by atoms with E-state index in [9.17, 15) is 0 Å². The summed E-state index contributed by atoms with van der Waals surface area (Å²) in [5.74, 6) is 0.603. The monoisotopic (exact) mass is 900 g/mol. The first kappa shape index (κ1) is 38.5. The van der Waals surface area contributed by atoms with Gasteiger partial charge in [0.15, 0.2) is 0 Å². The molecule has 0 aliphatic carbocycles. The Kier molecular flexibility index (Phi) is 8.21. The Bertz CT molecular complexity index is 4560. The van der Waals surface area contributed by atoms with E-state index in [-0.39, 0.29) is 5.92 Å². The third-order valence-corrected chi connectivity index (χ3v) is 15.7. The van der Waals surface area contributed by atoms with Crippen molar-refractivity contribution in [3.05, 3.63) is 217 Å². The average Bonchev–Trinajstić information content (AvgIpc) is 4.15. The van der Waals surface area contributed by atoms with E-state index in [1.807, 2.05) is 11.3 Å². The molecule has 15 rings (SSSR count). The van der Waals surface area contributed by atoms with Crippen LogP contribution < -0.4 is 0 Å². The summed E-state index contributed by atoms with van der Waals surface area (Å²) in [6.45, 7) is 2.32. The van der Waals surface area contributed by atoms with Crippen molar-refractivity contribution in [1.82, 2.24) is 9.13 Å². The predicted molar refractivity (Wildman–Crippen MR) is 293 cm³/mol. The molecule has 0 saturated carbocycles. The highest BCUT2D eigenvalue weighted by Gasteiger charge is 2.27. The van der Waals surface area contributed by atoms with Gasteiger partial charge >= 0.3 is 0 Å². The SMILES string of the molecule is CC1C/C=C(\c2ccc3sc4ccccc4c3c2)N=C(n2c3ccccc3c3ccccc32)N=C1c1cc(-n2c3ccccc3c3cc4ccccc4cc32)cc2oc3c4ccccc4ccc3c12. The van der Waals surface area contributed by atoms with E-state index in [0.717, 1.165) is 100 Å². The molecular formula is C63H40N4OS. The van der Waals surface area contributed by atoms with Crippen LogP contribution in [0.1, 0.15) is 24.5 Å². The van der Waals surface area contributed by atoms with Crippen LogP contribution in [0.3, 0.4) is 0 Å². The van der Waals surface area contributed by atoms with E-state index in [0.29, 0.717) is 5.96 Å². The molecule has 0 amide bonds. The van der Waals surface area contributed by atoms with E-state index in [1.165, 1.54) is 41.7 Å². The summed E-state index contributed by atoms with van der Waals surface area (Å²) in [6, 6.07) is 72.5. The largest absolute Gasteiger partial charge is 0.455 e. The smallest absolute Gasteiger partial charge is 0.235 e. The summed E-state index contributed by atoms with van der Waals surface area (Å²) in [7, 11) is 0. The lowest BCUT2D eigenvalue weighted by molar-refractivity contribution is 0.672. The molecule has 1 atom stereocenters. The third-order valence-electron chi connectivity index (χ3n) is 14.5. The number of allylic oxidation sites excluding steroid dienone is 1. The van der Waals surface area contributed by atoms with E-state index in [2.05, 4.69) is 222 Å². The van der Waals surface area contributed by atoms with E-state index < -0.39 is 0 Å². The van der Waals surface area contributed by atoms with E-state index in [1.54, 1.807) is 0 Å². The number of furan rings is 1. The molecule has 5 heterocycles. The van der Waals surface area contributed by atoms with Gasteiger partial charge in [-0.3, -0.25) is 4.57 Å². The number of nitrogens with zero attached hydrogens (tertiary/aromatic N) is 4. The van der Waals surface area contributed by atoms with Crippen molar-refractivity contribution in [2.24, 2.45) is 15.9 Å². The summed E-state index contributed by atoms with van der Waals surface area (Å²) in [5.41, 5.74) is 11.1. The van der Waals surface area contributed by atoms with Gasteiger partial charge in [0.05, 0.1) is 39.2 Å². The van der Waals surface area contributed by atoms with Crippen LogP contribution in [0.2, 0.25) is 0 Å². The third kappa shape index (κ3) is 5.76. The van der Waals surface area contributed by atoms with Gasteiger partial charge in [0.1, 0.15) is 11.2 Å². The number of aromatic nitrogens is 2. The molecular weight excluding hydrogens is 861 g/mol. The predicted octanol–water partition coefficient (Wildman–Crippen LogP) is 17.2. The molecule has 69 heavy (non-hydrogen) atoms. The normalized spacial score (nSPS) is 15.6. The van der Waals surface area contributed by atoms with E-state index >= 15 is 0 Å². The van der Waals surface area contributed by atoms with Crippen molar-refractivity contribution in [3.8, 4) is 5.69 Å². The van der Waals surface area contributed by atoms with Crippen LogP contribution in [-0.4, -0.2) is 20.8 Å². The van der Waals surface area contributed by atoms with Crippen LogP contribution in [0.15, 0.2) is 221 Å². The van der Waals surface area contributed by atoms with Gasteiger partial charge in [-0.15, -0.1) is 11.3 Å². The van der Waals surface area contributed by atoms with Crippen LogP contribution in [0.4, 0.5) is 0 Å². The minimum absolute atomic E-state index is 0.0183. The molecule has 1 unspecified atom stereocenters. The average molecular weight is 901 g/mol. The first-order valence-corrected chi connectivity index (χ1v) is 24.5. The Morgan fingerprint density at radius 1 is 0.478 bits per heavy atom. The highest BCUT2D eigenvalue weighted by Crippen LogP contribution is 2.43. The maximum atomic E-state index is 7.15. The van der Waals surface area contributed by atoms with Gasteiger partial charge < -0.3 is 8.98 Å². The number of para-hydroxylation sites is 3. The lowest BCUT2D eigenvalue weighted by atomic mass is 9.90. The molecule has 0 radical (unpaired) electrons. The zero-order valence-corrected chi connectivity index (χ0v) is 38.3. The number of rotatable bonds is 3. The molecule has 0 bridgehead atoms. The lowest BCUT2D eigenvalue weighted by Gasteiger charge is -2.21. The molecule has 14 aromatic rings. The van der Waals surface area contributed by atoms with Gasteiger partial charge in [-0.05, 0) is 83.2 Å². The van der Waals surface area contributed by atoms with Gasteiger partial charge in [0, 0.05) is 81.0 Å². The first-order chi connectivity index (χ1) is 34.1. The number of aliphatic imine (C=N–C) groups is 2. The molecule has 324 valence electrons. The summed E-state index contributed by atoms with van der Waals surface area (Å²) >= 11 is 1.84. The van der Waals surface area contributed by atoms with Crippen LogP contribution in [-0.2, 0) is 0 Å². The second-order valence-corrected chi connectivity index (χ2v) is 19.6. The summed E-state index contributed by atoms with van der Waals surface area (Å²) in [5, 5.41) is 14.0. The molecule has 0 saturated heterocycles. The topological polar surface area (TPSA) is 47.7 Å². The molecule has 0 N–H and O–H groups in total. The fourth-order valence-corrected chi connectivity index (χ4v) is 12.4. The Labute approximate surface area is 399 Å². The highest BCUT2D eigenvalue weighted by atomic mass is 32.1. The van der Waals surface area contributed by atoms with Crippen molar-refractivity contribution < 1.29 is 4.42 Å². The van der Waals surface area contributed by atoms with Crippen molar-refractivity contribution >= 4 is 136 Å². The zero-order valence-electron chi connectivity index (χ0n) is 37.5. The molecule has 1 aliphatic heterocycles. The van der Waals surface area contributed by atoms with Crippen molar-refractivity contribution in [2.45, 2.75) is 13.3 Å². The molecule has 0 fully saturated rings. The number of hydrogen-bond donors (Lipinski definition) is 0. The van der Waals surface area contributed by atoms with Gasteiger partial charge in [-0.2, -0.15) is 0 Å². The standard InChI is InChI=1S/C63H40N4OS/c1-37-26-30-52(41-28-31-59-50(33-41)47-21-9-13-25-58(47)69-59)64-63(67-54-23-11-6-18-44(54)45-19-7-12-24-55(45)67)65-61(37)51-35-42(36-57-60(51)48-29-27-38-14-4-5-17-43(38)62(48)68-57)66-53-22-10-8-20-46(53)49-32-39-15-2-3-16-40(39)34-56(49)66/h2-25,27-37H,26H2,1H3/b52-30+,64-63?,65-61?. The molecule has 5 nitrogen and oxygen atoms in total. The maximum absolute atomic E-state index is 7.15. The van der Waals surface area contributed by atoms with Crippen LogP contribution in [0.5, 0.6) is 0 Å². The number of fused-ring (bicyclic) bond motifs is 15. The Hall–Kier alpha value is -8.58. The Morgan fingerprint density at radius 2 is 1.10 bits per heavy atom. The second kappa shape index (κ2) is 14.7. The van der Waals surface area contributed by atoms with Crippen LogP contribution >= 0.6 is 11.3 Å². The highest BCUT2D eigenvalue weighted by molar-refractivity contribution is 7.25. The number of benzene rings is 10. The fourth-order valence-electron chi connectivity index (χ4n) is 11.3. The minimum Gasteiger partial charge on any atom is -0.455 e. The van der Waals surface area contributed by atoms with Gasteiger partial charge in [-0.25, -0.2) is 9.98 Å². The number of thiophene rings is 1. The molecule has 6 heteroatoms. The zero-order chi connectivity index (χ0) is 45.3. The van der Waals surface area contributed by atoms with E-state index in [4.69, 9.17) is 14.4 Å². The maximum Gasteiger partial charge on any atom is 0.235 e. The Morgan fingerprint density at radius 3 is 1.87 bits per heavy atom. The van der Waals surface area contributed by atoms with Crippen molar-refractivity contribution in [2.75, 3.05) is 0 Å². The van der Waals surface area contributed by atoms with Gasteiger partial charge in [0.2, 0.25) is 5.96 Å². The minimum atomic E-state index is -0.0183. The molecule has 10 aromatic carbocycles. The second-order valence-electron chi connectivity index (χ2n) is 18.5. The number of hydrogen-bond acceptors (Lipinski definition) is 4. The quantitative estimate of drug-likeness (QED) is 0.174. The van der Waals surface area contributed by atoms with Gasteiger partial charge in [-0.1, -0.05) is 146 Å². The summed E-state index contributed by atoms with van der Waals surface area (Å²) < 4.78 is 14.4. The van der Waals surface area contributed by atoms with Gasteiger partial charge in [0.25, 0.3) is 0 Å². The summed E-state index contributed by atoms with van der Waals surface area (Å²) in [4.78, 5) is 11.6. The van der Waals surface area contributed by atoms with Crippen molar-refractivity contribution in [3.63, 3.8) is 0 Å². The molecule has 0 spiro atoms. The van der Waals surface area contributed by atoms with Crippen molar-refractivity contribution in [1.29, 1.82) is 0 Å². The van der Waals surface area contributed by atoms with Crippen LogP contribution in [0, 0.1) is 5.92 Å². The Balaban J connectivity index is 1.04. The summed E-state index contributed by atoms with van der Waals surface area (Å²) in [6.07, 6.45) is 3.06.